The van der Waals surface area contributed by atoms with E-state index >= 15 is 0 Å². The van der Waals surface area contributed by atoms with E-state index in [2.05, 4.69) is 5.32 Å². The lowest BCUT2D eigenvalue weighted by atomic mass is 10.3. The molecule has 0 aromatic carbocycles. The number of nitrogens with one attached hydrogen (secondary N) is 1. The molecule has 0 radical (unpaired) electrons. The van der Waals surface area contributed by atoms with Gasteiger partial charge < -0.3 is 9.73 Å². The first-order chi connectivity index (χ1) is 9.82. The molecular formula is C15H28N2O3S. The zero-order chi connectivity index (χ0) is 16.0. The smallest absolute Gasteiger partial charge is 0.246 e. The lowest BCUT2D eigenvalue weighted by molar-refractivity contribution is 0.406. The maximum absolute atomic E-state index is 12.7. The third-order valence-corrected chi connectivity index (χ3v) is 5.18. The number of aryl methyl sites for hydroxylation is 1. The summed E-state index contributed by atoms with van der Waals surface area (Å²) in [5.74, 6) is 1.13. The van der Waals surface area contributed by atoms with Crippen molar-refractivity contribution >= 4 is 10.0 Å². The maximum atomic E-state index is 12.7. The van der Waals surface area contributed by atoms with Crippen LogP contribution < -0.4 is 5.32 Å². The summed E-state index contributed by atoms with van der Waals surface area (Å²) < 4.78 is 32.6. The largest absolute Gasteiger partial charge is 0.464 e. The topological polar surface area (TPSA) is 62.6 Å². The molecule has 1 rings (SSSR count). The predicted octanol–water partition coefficient (Wildman–Crippen LogP) is 2.90. The van der Waals surface area contributed by atoms with Gasteiger partial charge in [-0.15, -0.1) is 0 Å². The summed E-state index contributed by atoms with van der Waals surface area (Å²) >= 11 is 0. The van der Waals surface area contributed by atoms with E-state index in [4.69, 9.17) is 4.42 Å². The van der Waals surface area contributed by atoms with Crippen LogP contribution in [0.15, 0.2) is 15.4 Å². The second kappa shape index (κ2) is 7.96. The van der Waals surface area contributed by atoms with Gasteiger partial charge in [-0.2, -0.15) is 4.31 Å². The summed E-state index contributed by atoms with van der Waals surface area (Å²) in [6.07, 6.45) is 1.61. The molecule has 0 aliphatic rings. The van der Waals surface area contributed by atoms with Crippen LogP contribution in [0.25, 0.3) is 0 Å². The Bertz CT molecular complexity index is 529. The number of hydrogen-bond acceptors (Lipinski definition) is 4. The summed E-state index contributed by atoms with van der Waals surface area (Å²) in [4.78, 5) is 0.296. The first-order valence-electron chi connectivity index (χ1n) is 7.65. The second-order valence-electron chi connectivity index (χ2n) is 5.57. The van der Waals surface area contributed by atoms with Crippen LogP contribution in [0.1, 0.15) is 52.1 Å². The van der Waals surface area contributed by atoms with Crippen molar-refractivity contribution in [2.45, 2.75) is 64.9 Å². The highest BCUT2D eigenvalue weighted by atomic mass is 32.2. The molecule has 0 spiro atoms. The van der Waals surface area contributed by atoms with Crippen molar-refractivity contribution in [1.29, 1.82) is 0 Å². The molecule has 1 aromatic heterocycles. The Morgan fingerprint density at radius 3 is 2.29 bits per heavy atom. The molecule has 0 fully saturated rings. The van der Waals surface area contributed by atoms with Crippen molar-refractivity contribution < 1.29 is 12.8 Å². The Kier molecular flexibility index (Phi) is 6.90. The van der Waals surface area contributed by atoms with Crippen LogP contribution in [0.4, 0.5) is 0 Å². The fraction of sp³-hybridized carbons (Fsp3) is 0.733. The average Bonchev–Trinajstić information content (AvgIpc) is 2.78. The van der Waals surface area contributed by atoms with Crippen molar-refractivity contribution in [2.24, 2.45) is 0 Å². The van der Waals surface area contributed by atoms with Crippen LogP contribution in [-0.4, -0.2) is 31.9 Å². The third-order valence-electron chi connectivity index (χ3n) is 3.17. The molecule has 0 saturated heterocycles. The van der Waals surface area contributed by atoms with Gasteiger partial charge >= 0.3 is 0 Å². The molecule has 0 bridgehead atoms. The van der Waals surface area contributed by atoms with Gasteiger partial charge in [0.25, 0.3) is 0 Å². The van der Waals surface area contributed by atoms with E-state index in [0.29, 0.717) is 42.1 Å². The van der Waals surface area contributed by atoms with E-state index in [0.717, 1.165) is 12.8 Å². The minimum atomic E-state index is -3.46. The average molecular weight is 316 g/mol. The first-order valence-corrected chi connectivity index (χ1v) is 9.09. The normalized spacial score (nSPS) is 12.5. The number of furan rings is 1. The predicted molar refractivity (Wildman–Crippen MR) is 84.8 cm³/mol. The van der Waals surface area contributed by atoms with Crippen molar-refractivity contribution in [3.8, 4) is 0 Å². The fourth-order valence-corrected chi connectivity index (χ4v) is 3.97. The van der Waals surface area contributed by atoms with Gasteiger partial charge in [-0.3, -0.25) is 0 Å². The summed E-state index contributed by atoms with van der Waals surface area (Å²) in [7, 11) is -3.46. The third kappa shape index (κ3) is 4.83. The monoisotopic (exact) mass is 316 g/mol. The number of hydrogen-bond donors (Lipinski definition) is 1. The fourth-order valence-electron chi connectivity index (χ4n) is 2.16. The molecule has 6 heteroatoms. The highest BCUT2D eigenvalue weighted by molar-refractivity contribution is 7.89. The minimum absolute atomic E-state index is 0.296. The molecule has 1 N–H and O–H groups in total. The van der Waals surface area contributed by atoms with Gasteiger partial charge in [-0.05, 0) is 19.8 Å². The number of sulfonamides is 1. The van der Waals surface area contributed by atoms with Crippen LogP contribution in [-0.2, 0) is 16.6 Å². The molecule has 0 atom stereocenters. The van der Waals surface area contributed by atoms with E-state index in [1.165, 1.54) is 0 Å². The minimum Gasteiger partial charge on any atom is -0.464 e. The van der Waals surface area contributed by atoms with Gasteiger partial charge in [0.2, 0.25) is 10.0 Å². The molecule has 1 heterocycles. The van der Waals surface area contributed by atoms with Gasteiger partial charge in [0, 0.05) is 25.2 Å². The Hall–Kier alpha value is -0.850. The summed E-state index contributed by atoms with van der Waals surface area (Å²) in [6, 6.07) is 1.98. The van der Waals surface area contributed by atoms with Gasteiger partial charge in [-0.1, -0.05) is 27.7 Å². The van der Waals surface area contributed by atoms with E-state index in [1.54, 1.807) is 17.3 Å². The Labute approximate surface area is 128 Å². The van der Waals surface area contributed by atoms with E-state index in [9.17, 15) is 8.42 Å². The summed E-state index contributed by atoms with van der Waals surface area (Å²) in [5, 5.41) is 3.23. The molecule has 0 amide bonds. The van der Waals surface area contributed by atoms with Crippen molar-refractivity contribution in [1.82, 2.24) is 9.62 Å². The van der Waals surface area contributed by atoms with Gasteiger partial charge in [0.15, 0.2) is 0 Å². The van der Waals surface area contributed by atoms with Crippen LogP contribution in [0.2, 0.25) is 0 Å². The van der Waals surface area contributed by atoms with Gasteiger partial charge in [-0.25, -0.2) is 8.42 Å². The van der Waals surface area contributed by atoms with Gasteiger partial charge in [0.05, 0.1) is 6.54 Å². The van der Waals surface area contributed by atoms with E-state index < -0.39 is 10.0 Å². The molecule has 0 saturated carbocycles. The van der Waals surface area contributed by atoms with Crippen LogP contribution in [0.5, 0.6) is 0 Å². The van der Waals surface area contributed by atoms with Crippen LogP contribution in [0.3, 0.4) is 0 Å². The Balaban J connectivity index is 3.01. The Morgan fingerprint density at radius 1 is 1.24 bits per heavy atom. The molecule has 5 nitrogen and oxygen atoms in total. The molecular weight excluding hydrogens is 288 g/mol. The highest BCUT2D eigenvalue weighted by Gasteiger charge is 2.27. The zero-order valence-corrected chi connectivity index (χ0v) is 14.6. The number of rotatable bonds is 9. The molecule has 21 heavy (non-hydrogen) atoms. The summed E-state index contributed by atoms with van der Waals surface area (Å²) in [6.45, 7) is 11.4. The lowest BCUT2D eigenvalue weighted by Crippen LogP contribution is -2.32. The Morgan fingerprint density at radius 2 is 1.81 bits per heavy atom. The maximum Gasteiger partial charge on any atom is 0.246 e. The van der Waals surface area contributed by atoms with Crippen LogP contribution in [0, 0.1) is 6.92 Å². The van der Waals surface area contributed by atoms with Crippen LogP contribution >= 0.6 is 0 Å². The van der Waals surface area contributed by atoms with Crippen molar-refractivity contribution in [3.05, 3.63) is 17.6 Å². The summed E-state index contributed by atoms with van der Waals surface area (Å²) in [5.41, 5.74) is 0. The standard InChI is InChI=1S/C15H28N2O3S/c1-6-8-17(9-7-2)21(18,19)15-10-14(20-13(15)5)11-16-12(3)4/h10,12,16H,6-9,11H2,1-5H3. The molecule has 0 aliphatic heterocycles. The van der Waals surface area contributed by atoms with Crippen molar-refractivity contribution in [3.63, 3.8) is 0 Å². The zero-order valence-electron chi connectivity index (χ0n) is 13.8. The molecule has 1 aromatic rings. The number of nitrogens with zero attached hydrogens (tertiary/aromatic N) is 1. The van der Waals surface area contributed by atoms with E-state index in [1.807, 2.05) is 27.7 Å². The quantitative estimate of drug-likeness (QED) is 0.761. The molecule has 122 valence electrons. The highest BCUT2D eigenvalue weighted by Crippen LogP contribution is 2.24. The first kappa shape index (κ1) is 18.2. The molecule has 0 unspecified atom stereocenters. The lowest BCUT2D eigenvalue weighted by Gasteiger charge is -2.20. The van der Waals surface area contributed by atoms with Crippen molar-refractivity contribution in [2.75, 3.05) is 13.1 Å². The second-order valence-corrected chi connectivity index (χ2v) is 7.48. The molecule has 0 aliphatic carbocycles. The SMILES string of the molecule is CCCN(CCC)S(=O)(=O)c1cc(CNC(C)C)oc1C. The van der Waals surface area contributed by atoms with E-state index in [-0.39, 0.29) is 0 Å². The van der Waals surface area contributed by atoms with Gasteiger partial charge in [0.1, 0.15) is 16.4 Å².